The Kier molecular flexibility index (Phi) is 4.49. The lowest BCUT2D eigenvalue weighted by Gasteiger charge is -1.90. The van der Waals surface area contributed by atoms with Crippen LogP contribution in [0.3, 0.4) is 0 Å². The molecule has 0 aliphatic heterocycles. The fraction of sp³-hybridized carbons (Fsp3) is 0.600. The van der Waals surface area contributed by atoms with E-state index in [0.717, 1.165) is 12.6 Å². The predicted octanol–water partition coefficient (Wildman–Crippen LogP) is -0.116. The number of primary amides is 1. The first-order valence-corrected chi connectivity index (χ1v) is 2.72. The molecule has 52 valence electrons. The third-order valence-corrected chi connectivity index (χ3v) is 0.550. The van der Waals surface area contributed by atoms with Crippen LogP contribution in [0.2, 0.25) is 0 Å². The van der Waals surface area contributed by atoms with E-state index in [0.29, 0.717) is 6.61 Å². The molecule has 0 radical (unpaired) electrons. The minimum Gasteiger partial charge on any atom is -0.396 e. The Morgan fingerprint density at radius 3 is 3.00 bits per heavy atom. The standard InChI is InChI=1S/C5H10N2O2/c1-2-3-9-7-4-5(6)8/h4H,2-3H2,1H3,(H2,6,8). The topological polar surface area (TPSA) is 64.7 Å². The number of nitrogens with two attached hydrogens (primary N) is 1. The molecule has 0 atom stereocenters. The van der Waals surface area contributed by atoms with Crippen molar-refractivity contribution >= 4 is 12.1 Å². The van der Waals surface area contributed by atoms with Crippen LogP contribution in [0, 0.1) is 0 Å². The van der Waals surface area contributed by atoms with Crippen molar-refractivity contribution in [1.29, 1.82) is 0 Å². The van der Waals surface area contributed by atoms with Crippen molar-refractivity contribution < 1.29 is 9.63 Å². The number of carbonyl (C=O) groups excluding carboxylic acids is 1. The van der Waals surface area contributed by atoms with E-state index in [4.69, 9.17) is 5.73 Å². The number of hydrogen-bond acceptors (Lipinski definition) is 3. The average Bonchev–Trinajstić information content (AvgIpc) is 1.80. The Labute approximate surface area is 53.7 Å². The van der Waals surface area contributed by atoms with Crippen LogP contribution in [0.15, 0.2) is 5.16 Å². The van der Waals surface area contributed by atoms with Gasteiger partial charge in [-0.15, -0.1) is 0 Å². The number of amides is 1. The van der Waals surface area contributed by atoms with Gasteiger partial charge in [0.2, 0.25) is 0 Å². The molecule has 4 nitrogen and oxygen atoms in total. The van der Waals surface area contributed by atoms with Gasteiger partial charge in [0.1, 0.15) is 12.8 Å². The Bertz CT molecular complexity index is 112. The van der Waals surface area contributed by atoms with Crippen LogP contribution in [0.1, 0.15) is 13.3 Å². The van der Waals surface area contributed by atoms with Gasteiger partial charge in [0, 0.05) is 0 Å². The fourth-order valence-electron chi connectivity index (χ4n) is 0.233. The second kappa shape index (κ2) is 5.08. The van der Waals surface area contributed by atoms with Gasteiger partial charge in [-0.2, -0.15) is 0 Å². The summed E-state index contributed by atoms with van der Waals surface area (Å²) in [5.74, 6) is -0.592. The smallest absolute Gasteiger partial charge is 0.263 e. The molecule has 0 rings (SSSR count). The lowest BCUT2D eigenvalue weighted by atomic mass is 10.5. The van der Waals surface area contributed by atoms with E-state index in [-0.39, 0.29) is 0 Å². The summed E-state index contributed by atoms with van der Waals surface area (Å²) < 4.78 is 0. The van der Waals surface area contributed by atoms with Crippen LogP contribution >= 0.6 is 0 Å². The summed E-state index contributed by atoms with van der Waals surface area (Å²) in [5, 5.41) is 3.26. The van der Waals surface area contributed by atoms with Crippen molar-refractivity contribution in [2.24, 2.45) is 10.9 Å². The van der Waals surface area contributed by atoms with Gasteiger partial charge in [0.05, 0.1) is 0 Å². The van der Waals surface area contributed by atoms with Gasteiger partial charge in [-0.05, 0) is 6.42 Å². The molecule has 0 heterocycles. The van der Waals surface area contributed by atoms with Gasteiger partial charge in [-0.1, -0.05) is 12.1 Å². The van der Waals surface area contributed by atoms with E-state index in [1.807, 2.05) is 6.92 Å². The van der Waals surface area contributed by atoms with Crippen LogP contribution < -0.4 is 5.73 Å². The third-order valence-electron chi connectivity index (χ3n) is 0.550. The summed E-state index contributed by atoms with van der Waals surface area (Å²) in [6.07, 6.45) is 1.81. The summed E-state index contributed by atoms with van der Waals surface area (Å²) in [6.45, 7) is 2.46. The summed E-state index contributed by atoms with van der Waals surface area (Å²) in [5.41, 5.74) is 4.71. The molecule has 1 amide bonds. The van der Waals surface area contributed by atoms with Crippen molar-refractivity contribution in [2.45, 2.75) is 13.3 Å². The second-order valence-electron chi connectivity index (χ2n) is 1.47. The molecule has 0 spiro atoms. The molecule has 0 bridgehead atoms. The Morgan fingerprint density at radius 2 is 2.56 bits per heavy atom. The van der Waals surface area contributed by atoms with Gasteiger partial charge in [-0.25, -0.2) is 0 Å². The van der Waals surface area contributed by atoms with Gasteiger partial charge in [0.25, 0.3) is 5.91 Å². The highest BCUT2D eigenvalue weighted by molar-refractivity contribution is 6.25. The van der Waals surface area contributed by atoms with Crippen molar-refractivity contribution in [3.8, 4) is 0 Å². The maximum absolute atomic E-state index is 9.96. The van der Waals surface area contributed by atoms with E-state index in [1.165, 1.54) is 0 Å². The Balaban J connectivity index is 3.15. The van der Waals surface area contributed by atoms with Crippen LogP contribution in [-0.2, 0) is 9.63 Å². The highest BCUT2D eigenvalue weighted by Crippen LogP contribution is 1.77. The minimum atomic E-state index is -0.592. The molecule has 0 aromatic rings. The summed E-state index contributed by atoms with van der Waals surface area (Å²) in [6, 6.07) is 0. The summed E-state index contributed by atoms with van der Waals surface area (Å²) >= 11 is 0. The van der Waals surface area contributed by atoms with E-state index < -0.39 is 5.91 Å². The number of rotatable bonds is 4. The molecule has 0 saturated heterocycles. The van der Waals surface area contributed by atoms with Crippen molar-refractivity contribution in [1.82, 2.24) is 0 Å². The van der Waals surface area contributed by atoms with E-state index >= 15 is 0 Å². The predicted molar refractivity (Wildman–Crippen MR) is 33.9 cm³/mol. The molecule has 0 unspecified atom stereocenters. The zero-order valence-electron chi connectivity index (χ0n) is 5.33. The first-order chi connectivity index (χ1) is 4.27. The highest BCUT2D eigenvalue weighted by atomic mass is 16.6. The maximum atomic E-state index is 9.96. The average molecular weight is 130 g/mol. The molecular formula is C5H10N2O2. The third kappa shape index (κ3) is 6.94. The Hall–Kier alpha value is -1.06. The molecule has 0 aromatic carbocycles. The summed E-state index contributed by atoms with van der Waals surface area (Å²) in [4.78, 5) is 14.5. The molecule has 4 heteroatoms. The summed E-state index contributed by atoms with van der Waals surface area (Å²) in [7, 11) is 0. The SMILES string of the molecule is CCCON=CC(N)=O. The molecule has 0 aliphatic carbocycles. The first kappa shape index (κ1) is 7.94. The first-order valence-electron chi connectivity index (χ1n) is 2.72. The van der Waals surface area contributed by atoms with Gasteiger partial charge in [0.15, 0.2) is 0 Å². The quantitative estimate of drug-likeness (QED) is 0.327. The van der Waals surface area contributed by atoms with Crippen LogP contribution in [0.5, 0.6) is 0 Å². The Morgan fingerprint density at radius 1 is 1.89 bits per heavy atom. The zero-order valence-corrected chi connectivity index (χ0v) is 5.33. The van der Waals surface area contributed by atoms with Crippen molar-refractivity contribution in [3.05, 3.63) is 0 Å². The van der Waals surface area contributed by atoms with E-state index in [2.05, 4.69) is 9.99 Å². The number of carbonyl (C=O) groups is 1. The normalized spacial score (nSPS) is 9.89. The van der Waals surface area contributed by atoms with E-state index in [9.17, 15) is 4.79 Å². The van der Waals surface area contributed by atoms with Gasteiger partial charge < -0.3 is 10.6 Å². The molecule has 0 aliphatic rings. The van der Waals surface area contributed by atoms with Gasteiger partial charge >= 0.3 is 0 Å². The molecular weight excluding hydrogens is 120 g/mol. The monoisotopic (exact) mass is 130 g/mol. The zero-order chi connectivity index (χ0) is 7.11. The second-order valence-corrected chi connectivity index (χ2v) is 1.47. The van der Waals surface area contributed by atoms with Gasteiger partial charge in [-0.3, -0.25) is 4.79 Å². The van der Waals surface area contributed by atoms with Crippen LogP contribution in [0.4, 0.5) is 0 Å². The highest BCUT2D eigenvalue weighted by Gasteiger charge is 1.81. The number of nitrogens with zero attached hydrogens (tertiary/aromatic N) is 1. The molecule has 0 saturated carbocycles. The minimum absolute atomic E-state index is 0.518. The number of oxime groups is 1. The molecule has 2 N–H and O–H groups in total. The molecule has 9 heavy (non-hydrogen) atoms. The largest absolute Gasteiger partial charge is 0.396 e. The lowest BCUT2D eigenvalue weighted by Crippen LogP contribution is -2.11. The fourth-order valence-corrected chi connectivity index (χ4v) is 0.233. The van der Waals surface area contributed by atoms with Crippen LogP contribution in [0.25, 0.3) is 0 Å². The maximum Gasteiger partial charge on any atom is 0.263 e. The molecule has 0 fully saturated rings. The van der Waals surface area contributed by atoms with E-state index in [1.54, 1.807) is 0 Å². The number of hydrogen-bond donors (Lipinski definition) is 1. The van der Waals surface area contributed by atoms with Crippen molar-refractivity contribution in [3.63, 3.8) is 0 Å². The molecule has 0 aromatic heterocycles. The van der Waals surface area contributed by atoms with Crippen LogP contribution in [-0.4, -0.2) is 18.7 Å². The lowest BCUT2D eigenvalue weighted by molar-refractivity contribution is -0.111. The van der Waals surface area contributed by atoms with Crippen molar-refractivity contribution in [2.75, 3.05) is 6.61 Å².